The minimum absolute atomic E-state index is 0.00868. The molecule has 0 aliphatic rings. The number of aromatic nitrogens is 1. The van der Waals surface area contributed by atoms with Gasteiger partial charge in [-0.15, -0.1) is 0 Å². The lowest BCUT2D eigenvalue weighted by molar-refractivity contribution is -0.138. The molecular formula is C13H9ClF4N2O. The van der Waals surface area contributed by atoms with E-state index in [4.69, 9.17) is 22.1 Å². The molecule has 0 saturated heterocycles. The molecule has 3 nitrogen and oxygen atoms in total. The molecule has 0 amide bonds. The Hall–Kier alpha value is -1.86. The maximum absolute atomic E-state index is 13.5. The number of hydrogen-bond acceptors (Lipinski definition) is 3. The van der Waals surface area contributed by atoms with Crippen molar-refractivity contribution in [3.05, 3.63) is 52.4 Å². The van der Waals surface area contributed by atoms with Gasteiger partial charge in [0.2, 0.25) is 0 Å². The maximum atomic E-state index is 13.5. The molecule has 2 N–H and O–H groups in total. The molecule has 0 radical (unpaired) electrons. The summed E-state index contributed by atoms with van der Waals surface area (Å²) in [6.45, 7) is -0.0586. The quantitative estimate of drug-likeness (QED) is 0.864. The largest absolute Gasteiger partial charge is 0.436 e. The molecule has 0 aliphatic carbocycles. The van der Waals surface area contributed by atoms with Crippen LogP contribution in [0.1, 0.15) is 11.1 Å². The summed E-state index contributed by atoms with van der Waals surface area (Å²) in [7, 11) is 0. The maximum Gasteiger partial charge on any atom is 0.419 e. The second-order valence-corrected chi connectivity index (χ2v) is 4.51. The van der Waals surface area contributed by atoms with E-state index in [0.717, 1.165) is 24.4 Å². The van der Waals surface area contributed by atoms with Crippen molar-refractivity contribution >= 4 is 11.6 Å². The predicted octanol–water partition coefficient (Wildman–Crippen LogP) is 4.14. The number of benzene rings is 1. The third-order valence-corrected chi connectivity index (χ3v) is 2.77. The molecule has 0 fully saturated rings. The molecule has 0 spiro atoms. The van der Waals surface area contributed by atoms with Crippen molar-refractivity contribution < 1.29 is 22.3 Å². The van der Waals surface area contributed by atoms with Gasteiger partial charge in [-0.1, -0.05) is 17.7 Å². The molecule has 1 aromatic heterocycles. The summed E-state index contributed by atoms with van der Waals surface area (Å²) in [4.78, 5) is 3.52. The molecule has 21 heavy (non-hydrogen) atoms. The second kappa shape index (κ2) is 5.87. The normalized spacial score (nSPS) is 11.5. The summed E-state index contributed by atoms with van der Waals surface area (Å²) in [6.07, 6.45) is -3.59. The van der Waals surface area contributed by atoms with Gasteiger partial charge in [-0.25, -0.2) is 9.37 Å². The molecular weight excluding hydrogens is 312 g/mol. The molecule has 0 aliphatic heterocycles. The van der Waals surface area contributed by atoms with Crippen LogP contribution in [0.3, 0.4) is 0 Å². The van der Waals surface area contributed by atoms with Crippen molar-refractivity contribution in [2.75, 3.05) is 0 Å². The number of rotatable bonds is 3. The third-order valence-electron chi connectivity index (χ3n) is 2.57. The van der Waals surface area contributed by atoms with E-state index in [1.54, 1.807) is 0 Å². The van der Waals surface area contributed by atoms with E-state index in [-0.39, 0.29) is 17.1 Å². The highest BCUT2D eigenvalue weighted by Gasteiger charge is 2.35. The summed E-state index contributed by atoms with van der Waals surface area (Å²) in [5.41, 5.74) is 4.53. The van der Waals surface area contributed by atoms with E-state index in [9.17, 15) is 17.6 Å². The zero-order chi connectivity index (χ0) is 15.6. The number of alkyl halides is 3. The van der Waals surface area contributed by atoms with Gasteiger partial charge in [0.05, 0.1) is 10.6 Å². The van der Waals surface area contributed by atoms with Crippen molar-refractivity contribution in [2.24, 2.45) is 5.73 Å². The summed E-state index contributed by atoms with van der Waals surface area (Å²) in [5.74, 6) is -2.11. The number of pyridine rings is 1. The minimum Gasteiger partial charge on any atom is -0.436 e. The Labute approximate surface area is 122 Å². The van der Waals surface area contributed by atoms with Gasteiger partial charge in [-0.3, -0.25) is 0 Å². The lowest BCUT2D eigenvalue weighted by atomic mass is 10.1. The number of nitrogens with two attached hydrogens (primary N) is 1. The highest BCUT2D eigenvalue weighted by Crippen LogP contribution is 2.38. The summed E-state index contributed by atoms with van der Waals surface area (Å²) < 4.78 is 57.4. The summed E-state index contributed by atoms with van der Waals surface area (Å²) in [5, 5.41) is 0.00868. The van der Waals surface area contributed by atoms with Crippen LogP contribution < -0.4 is 10.5 Å². The first-order valence-corrected chi connectivity index (χ1v) is 6.08. The first kappa shape index (κ1) is 15.5. The Balaban J connectivity index is 2.44. The molecule has 1 aromatic carbocycles. The van der Waals surface area contributed by atoms with Crippen molar-refractivity contribution in [2.45, 2.75) is 12.7 Å². The van der Waals surface area contributed by atoms with Gasteiger partial charge in [0.25, 0.3) is 5.88 Å². The fourth-order valence-corrected chi connectivity index (χ4v) is 1.74. The Kier molecular flexibility index (Phi) is 4.34. The Morgan fingerprint density at radius 2 is 1.95 bits per heavy atom. The first-order chi connectivity index (χ1) is 9.81. The fourth-order valence-electron chi connectivity index (χ4n) is 1.60. The molecule has 0 bridgehead atoms. The van der Waals surface area contributed by atoms with Crippen molar-refractivity contribution in [1.82, 2.24) is 4.98 Å². The first-order valence-electron chi connectivity index (χ1n) is 5.70. The van der Waals surface area contributed by atoms with Gasteiger partial charge in [0.15, 0.2) is 5.82 Å². The highest BCUT2D eigenvalue weighted by atomic mass is 35.5. The molecule has 0 saturated carbocycles. The van der Waals surface area contributed by atoms with Crippen LogP contribution in [0.15, 0.2) is 30.5 Å². The molecule has 112 valence electrons. The van der Waals surface area contributed by atoms with Gasteiger partial charge < -0.3 is 10.5 Å². The van der Waals surface area contributed by atoms with Crippen LogP contribution in [-0.4, -0.2) is 4.98 Å². The van der Waals surface area contributed by atoms with E-state index < -0.39 is 29.2 Å². The second-order valence-electron chi connectivity index (χ2n) is 4.07. The summed E-state index contributed by atoms with van der Waals surface area (Å²) in [6, 6.07) is 4.17. The van der Waals surface area contributed by atoms with Gasteiger partial charge in [-0.2, -0.15) is 13.2 Å². The van der Waals surface area contributed by atoms with Crippen molar-refractivity contribution in [3.8, 4) is 11.6 Å². The Bertz CT molecular complexity index is 661. The van der Waals surface area contributed by atoms with Gasteiger partial charge >= 0.3 is 6.18 Å². The monoisotopic (exact) mass is 320 g/mol. The van der Waals surface area contributed by atoms with Crippen LogP contribution in [0.5, 0.6) is 11.6 Å². The number of halogens is 5. The molecule has 0 atom stereocenters. The molecule has 0 unspecified atom stereocenters. The fraction of sp³-hybridized carbons (Fsp3) is 0.154. The average Bonchev–Trinajstić information content (AvgIpc) is 2.41. The topological polar surface area (TPSA) is 48.1 Å². The molecule has 2 aromatic rings. The van der Waals surface area contributed by atoms with E-state index in [1.165, 1.54) is 6.07 Å². The molecule has 2 rings (SSSR count). The zero-order valence-electron chi connectivity index (χ0n) is 10.4. The van der Waals surface area contributed by atoms with E-state index in [0.29, 0.717) is 0 Å². The number of hydrogen-bond donors (Lipinski definition) is 1. The Morgan fingerprint density at radius 1 is 1.24 bits per heavy atom. The summed E-state index contributed by atoms with van der Waals surface area (Å²) >= 11 is 5.51. The lowest BCUT2D eigenvalue weighted by Gasteiger charge is -2.14. The van der Waals surface area contributed by atoms with E-state index >= 15 is 0 Å². The third kappa shape index (κ3) is 3.62. The highest BCUT2D eigenvalue weighted by molar-refractivity contribution is 6.30. The van der Waals surface area contributed by atoms with E-state index in [2.05, 4.69) is 4.98 Å². The smallest absolute Gasteiger partial charge is 0.419 e. The number of ether oxygens (including phenoxy) is 1. The average molecular weight is 321 g/mol. The predicted molar refractivity (Wildman–Crippen MR) is 68.6 cm³/mol. The van der Waals surface area contributed by atoms with Crippen molar-refractivity contribution in [1.29, 1.82) is 0 Å². The van der Waals surface area contributed by atoms with Gasteiger partial charge in [0, 0.05) is 12.7 Å². The van der Waals surface area contributed by atoms with Crippen LogP contribution in [0.25, 0.3) is 0 Å². The van der Waals surface area contributed by atoms with Crippen LogP contribution in [0.2, 0.25) is 5.02 Å². The molecule has 1 heterocycles. The standard InChI is InChI=1S/C13H9ClF4N2O/c14-8-4-10(15)12(20-6-8)21-11-2-1-7(5-19)3-9(11)13(16,17)18/h1-4,6H,5,19H2. The van der Waals surface area contributed by atoms with Gasteiger partial charge in [-0.05, 0) is 23.8 Å². The van der Waals surface area contributed by atoms with Crippen LogP contribution in [-0.2, 0) is 12.7 Å². The van der Waals surface area contributed by atoms with Crippen LogP contribution in [0.4, 0.5) is 17.6 Å². The lowest BCUT2D eigenvalue weighted by Crippen LogP contribution is -2.09. The van der Waals surface area contributed by atoms with E-state index in [1.807, 2.05) is 0 Å². The van der Waals surface area contributed by atoms with Crippen LogP contribution >= 0.6 is 11.6 Å². The van der Waals surface area contributed by atoms with Crippen LogP contribution in [0, 0.1) is 5.82 Å². The van der Waals surface area contributed by atoms with Gasteiger partial charge in [0.1, 0.15) is 5.75 Å². The minimum atomic E-state index is -4.66. The Morgan fingerprint density at radius 3 is 2.52 bits per heavy atom. The zero-order valence-corrected chi connectivity index (χ0v) is 11.2. The molecule has 8 heteroatoms. The number of nitrogens with zero attached hydrogens (tertiary/aromatic N) is 1. The van der Waals surface area contributed by atoms with Crippen molar-refractivity contribution in [3.63, 3.8) is 0 Å². The SMILES string of the molecule is NCc1ccc(Oc2ncc(Cl)cc2F)c(C(F)(F)F)c1.